The number of nitrogens with one attached hydrogen (secondary N) is 2. The first-order valence-electron chi connectivity index (χ1n) is 8.29. The average Bonchev–Trinajstić information content (AvgIpc) is 3.42. The van der Waals surface area contributed by atoms with Crippen LogP contribution in [0.3, 0.4) is 0 Å². The van der Waals surface area contributed by atoms with Crippen LogP contribution in [-0.2, 0) is 22.2 Å². The monoisotopic (exact) mass is 396 g/mol. The molecule has 142 valence electrons. The molecule has 0 heterocycles. The van der Waals surface area contributed by atoms with Crippen molar-refractivity contribution in [3.63, 3.8) is 0 Å². The zero-order chi connectivity index (χ0) is 19.6. The van der Waals surface area contributed by atoms with Gasteiger partial charge >= 0.3 is 6.18 Å². The average molecular weight is 397 g/mol. The summed E-state index contributed by atoms with van der Waals surface area (Å²) in [5.41, 5.74) is -0.694. The highest BCUT2D eigenvalue weighted by Gasteiger charge is 2.35. The molecule has 0 saturated heterocycles. The van der Waals surface area contributed by atoms with Crippen molar-refractivity contribution in [1.82, 2.24) is 0 Å². The lowest BCUT2D eigenvalue weighted by atomic mass is 10.1. The predicted molar refractivity (Wildman–Crippen MR) is 96.6 cm³/mol. The number of hydrogen-bond donors (Lipinski definition) is 2. The number of anilines is 2. The van der Waals surface area contributed by atoms with Gasteiger partial charge in [-0.15, -0.1) is 0 Å². The van der Waals surface area contributed by atoms with Gasteiger partial charge in [0.2, 0.25) is 11.8 Å². The molecule has 0 aromatic heterocycles. The van der Waals surface area contributed by atoms with Gasteiger partial charge in [0.05, 0.1) is 17.7 Å². The molecule has 8 heteroatoms. The van der Waals surface area contributed by atoms with Crippen LogP contribution in [0.1, 0.15) is 24.0 Å². The summed E-state index contributed by atoms with van der Waals surface area (Å²) in [6, 6.07) is 9.77. The Labute approximate surface area is 158 Å². The highest BCUT2D eigenvalue weighted by atomic mass is 35.5. The highest BCUT2D eigenvalue weighted by molar-refractivity contribution is 6.30. The molecule has 2 aromatic rings. The van der Waals surface area contributed by atoms with E-state index in [0.29, 0.717) is 10.6 Å². The predicted octanol–water partition coefficient (Wildman–Crippen LogP) is 4.89. The minimum Gasteiger partial charge on any atom is -0.326 e. The van der Waals surface area contributed by atoms with Crippen molar-refractivity contribution in [3.05, 3.63) is 58.6 Å². The van der Waals surface area contributed by atoms with Gasteiger partial charge < -0.3 is 10.6 Å². The second kappa shape index (κ2) is 7.60. The molecular weight excluding hydrogens is 381 g/mol. The first kappa shape index (κ1) is 19.2. The van der Waals surface area contributed by atoms with Crippen LogP contribution in [0.15, 0.2) is 42.5 Å². The SMILES string of the molecule is O=C(Cc1ccc(Cl)cc1)Nc1ccc(NC(=O)C2CC2)cc1C(F)(F)F. The largest absolute Gasteiger partial charge is 0.418 e. The molecule has 0 unspecified atom stereocenters. The van der Waals surface area contributed by atoms with Crippen molar-refractivity contribution in [2.24, 2.45) is 5.92 Å². The van der Waals surface area contributed by atoms with Gasteiger partial charge in [-0.25, -0.2) is 0 Å². The zero-order valence-corrected chi connectivity index (χ0v) is 14.8. The number of carbonyl (C=O) groups excluding carboxylic acids is 2. The number of hydrogen-bond acceptors (Lipinski definition) is 2. The first-order valence-corrected chi connectivity index (χ1v) is 8.66. The summed E-state index contributed by atoms with van der Waals surface area (Å²) in [5.74, 6) is -1.00. The lowest BCUT2D eigenvalue weighted by molar-refractivity contribution is -0.137. The van der Waals surface area contributed by atoms with Crippen LogP contribution in [0.4, 0.5) is 24.5 Å². The van der Waals surface area contributed by atoms with Gasteiger partial charge in [-0.3, -0.25) is 9.59 Å². The molecule has 0 bridgehead atoms. The number of amides is 2. The molecule has 1 saturated carbocycles. The normalized spacial score (nSPS) is 13.9. The van der Waals surface area contributed by atoms with Crippen LogP contribution in [0.5, 0.6) is 0 Å². The van der Waals surface area contributed by atoms with Crippen molar-refractivity contribution in [3.8, 4) is 0 Å². The van der Waals surface area contributed by atoms with Gasteiger partial charge in [0.1, 0.15) is 0 Å². The summed E-state index contributed by atoms with van der Waals surface area (Å²) in [6.45, 7) is 0. The van der Waals surface area contributed by atoms with Crippen LogP contribution in [0.2, 0.25) is 5.02 Å². The Hall–Kier alpha value is -2.54. The Morgan fingerprint density at radius 1 is 1.04 bits per heavy atom. The van der Waals surface area contributed by atoms with E-state index in [-0.39, 0.29) is 29.6 Å². The van der Waals surface area contributed by atoms with Crippen LogP contribution in [0, 0.1) is 5.92 Å². The summed E-state index contributed by atoms with van der Waals surface area (Å²) in [6.07, 6.45) is -3.27. The molecule has 1 fully saturated rings. The fourth-order valence-electron chi connectivity index (χ4n) is 2.54. The third kappa shape index (κ3) is 5.23. The van der Waals surface area contributed by atoms with E-state index in [4.69, 9.17) is 11.6 Å². The van der Waals surface area contributed by atoms with Crippen LogP contribution in [-0.4, -0.2) is 11.8 Å². The molecule has 0 atom stereocenters. The Balaban J connectivity index is 1.75. The minimum absolute atomic E-state index is 0.0509. The molecule has 3 rings (SSSR count). The van der Waals surface area contributed by atoms with Crippen molar-refractivity contribution in [2.45, 2.75) is 25.4 Å². The Morgan fingerprint density at radius 3 is 2.30 bits per heavy atom. The second-order valence-electron chi connectivity index (χ2n) is 6.37. The lowest BCUT2D eigenvalue weighted by Crippen LogP contribution is -2.19. The number of rotatable bonds is 5. The number of alkyl halides is 3. The topological polar surface area (TPSA) is 58.2 Å². The molecule has 0 spiro atoms. The third-order valence-corrected chi connectivity index (χ3v) is 4.34. The summed E-state index contributed by atoms with van der Waals surface area (Å²) < 4.78 is 40.1. The van der Waals surface area contributed by atoms with E-state index >= 15 is 0 Å². The Kier molecular flexibility index (Phi) is 5.41. The molecule has 4 nitrogen and oxygen atoms in total. The fourth-order valence-corrected chi connectivity index (χ4v) is 2.66. The van der Waals surface area contributed by atoms with Gasteiger partial charge in [0.25, 0.3) is 0 Å². The first-order chi connectivity index (χ1) is 12.7. The molecule has 27 heavy (non-hydrogen) atoms. The van der Waals surface area contributed by atoms with Crippen LogP contribution >= 0.6 is 11.6 Å². The summed E-state index contributed by atoms with van der Waals surface area (Å²) in [4.78, 5) is 23.9. The summed E-state index contributed by atoms with van der Waals surface area (Å²) >= 11 is 5.77. The van der Waals surface area contributed by atoms with E-state index in [1.807, 2.05) is 0 Å². The van der Waals surface area contributed by atoms with Crippen LogP contribution < -0.4 is 10.6 Å². The van der Waals surface area contributed by atoms with Gasteiger partial charge in [-0.2, -0.15) is 13.2 Å². The third-order valence-electron chi connectivity index (χ3n) is 4.09. The molecule has 2 N–H and O–H groups in total. The summed E-state index contributed by atoms with van der Waals surface area (Å²) in [5, 5.41) is 5.27. The van der Waals surface area contributed by atoms with E-state index in [1.165, 1.54) is 6.07 Å². The second-order valence-corrected chi connectivity index (χ2v) is 6.81. The van der Waals surface area contributed by atoms with Crippen molar-refractivity contribution >= 4 is 34.8 Å². The summed E-state index contributed by atoms with van der Waals surface area (Å²) in [7, 11) is 0. The maximum Gasteiger partial charge on any atom is 0.418 e. The highest BCUT2D eigenvalue weighted by Crippen LogP contribution is 2.37. The minimum atomic E-state index is -4.68. The van der Waals surface area contributed by atoms with E-state index in [0.717, 1.165) is 25.0 Å². The van der Waals surface area contributed by atoms with E-state index in [2.05, 4.69) is 10.6 Å². The maximum absolute atomic E-state index is 13.4. The van der Waals surface area contributed by atoms with E-state index < -0.39 is 17.6 Å². The quantitative estimate of drug-likeness (QED) is 0.756. The van der Waals surface area contributed by atoms with Gasteiger partial charge in [0.15, 0.2) is 0 Å². The van der Waals surface area contributed by atoms with Crippen LogP contribution in [0.25, 0.3) is 0 Å². The van der Waals surface area contributed by atoms with Crippen molar-refractivity contribution in [1.29, 1.82) is 0 Å². The number of carbonyl (C=O) groups is 2. The lowest BCUT2D eigenvalue weighted by Gasteiger charge is -2.16. The maximum atomic E-state index is 13.4. The molecule has 2 amide bonds. The molecule has 2 aromatic carbocycles. The van der Waals surface area contributed by atoms with Crippen molar-refractivity contribution in [2.75, 3.05) is 10.6 Å². The molecule has 1 aliphatic rings. The Morgan fingerprint density at radius 2 is 1.70 bits per heavy atom. The number of benzene rings is 2. The molecule has 0 aliphatic heterocycles. The van der Waals surface area contributed by atoms with E-state index in [9.17, 15) is 22.8 Å². The Bertz CT molecular complexity index is 862. The van der Waals surface area contributed by atoms with Gasteiger partial charge in [-0.05, 0) is 48.7 Å². The number of halogens is 4. The molecular formula is C19H16ClF3N2O2. The smallest absolute Gasteiger partial charge is 0.326 e. The standard InChI is InChI=1S/C19H16ClF3N2O2/c20-13-5-1-11(2-6-13)9-17(26)25-16-8-7-14(10-15(16)19(21,22)23)24-18(27)12-3-4-12/h1-2,5-8,10,12H,3-4,9H2,(H,24,27)(H,25,26). The fraction of sp³-hybridized carbons (Fsp3) is 0.263. The van der Waals surface area contributed by atoms with Crippen molar-refractivity contribution < 1.29 is 22.8 Å². The zero-order valence-electron chi connectivity index (χ0n) is 14.1. The molecule has 0 radical (unpaired) electrons. The molecule has 1 aliphatic carbocycles. The van der Waals surface area contributed by atoms with E-state index in [1.54, 1.807) is 24.3 Å². The van der Waals surface area contributed by atoms with Gasteiger partial charge in [0, 0.05) is 16.6 Å². The van der Waals surface area contributed by atoms with Gasteiger partial charge in [-0.1, -0.05) is 23.7 Å².